The minimum Gasteiger partial charge on any atom is -0.469 e. The summed E-state index contributed by atoms with van der Waals surface area (Å²) in [5.74, 6) is 1.42. The predicted octanol–water partition coefficient (Wildman–Crippen LogP) is 5.18. The number of aryl methyl sites for hydroxylation is 1. The zero-order valence-electron chi connectivity index (χ0n) is 16.0. The summed E-state index contributed by atoms with van der Waals surface area (Å²) >= 11 is 0. The van der Waals surface area contributed by atoms with Gasteiger partial charge >= 0.3 is 5.97 Å². The molecule has 0 aromatic carbocycles. The average Bonchev–Trinajstić information content (AvgIpc) is 3.35. The molecule has 1 atom stereocenters. The van der Waals surface area contributed by atoms with E-state index < -0.39 is 0 Å². The first kappa shape index (κ1) is 18.5. The van der Waals surface area contributed by atoms with Crippen molar-refractivity contribution in [3.63, 3.8) is 0 Å². The lowest BCUT2D eigenvalue weighted by Crippen LogP contribution is -2.17. The molecule has 0 unspecified atom stereocenters. The Balaban J connectivity index is 1.64. The van der Waals surface area contributed by atoms with E-state index in [0.717, 1.165) is 25.2 Å². The number of methoxy groups -OCH3 is 1. The highest BCUT2D eigenvalue weighted by Crippen LogP contribution is 2.39. The van der Waals surface area contributed by atoms with Gasteiger partial charge in [-0.3, -0.25) is 9.48 Å². The quantitative estimate of drug-likeness (QED) is 0.457. The standard InChI is InChI=1S/C21H34N2O2/c1-16(14-17-12-13-17)20-15-19(10-6-7-11-21(24)25-2)23(22-20)18-8-4-3-5-9-18/h15-18H,3-14H2,1-2H3/t16-/m1/s1. The molecule has 140 valence electrons. The molecule has 0 amide bonds. The van der Waals surface area contributed by atoms with Crippen LogP contribution in [0.15, 0.2) is 6.07 Å². The lowest BCUT2D eigenvalue weighted by molar-refractivity contribution is -0.140. The molecular weight excluding hydrogens is 312 g/mol. The first-order valence-electron chi connectivity index (χ1n) is 10.3. The molecule has 0 N–H and O–H groups in total. The molecule has 2 saturated carbocycles. The smallest absolute Gasteiger partial charge is 0.305 e. The van der Waals surface area contributed by atoms with Crippen LogP contribution in [0.2, 0.25) is 0 Å². The van der Waals surface area contributed by atoms with E-state index in [2.05, 4.69) is 17.7 Å². The Morgan fingerprint density at radius 3 is 2.68 bits per heavy atom. The van der Waals surface area contributed by atoms with Crippen molar-refractivity contribution in [3.05, 3.63) is 17.5 Å². The highest BCUT2D eigenvalue weighted by molar-refractivity contribution is 5.68. The second kappa shape index (κ2) is 8.86. The molecule has 1 heterocycles. The Morgan fingerprint density at radius 2 is 2.00 bits per heavy atom. The number of unbranched alkanes of at least 4 members (excludes halogenated alkanes) is 1. The van der Waals surface area contributed by atoms with Crippen molar-refractivity contribution in [3.8, 4) is 0 Å². The molecule has 4 heteroatoms. The van der Waals surface area contributed by atoms with E-state index in [1.807, 2.05) is 0 Å². The van der Waals surface area contributed by atoms with E-state index in [1.54, 1.807) is 0 Å². The maximum Gasteiger partial charge on any atom is 0.305 e. The Kier molecular flexibility index (Phi) is 6.55. The van der Waals surface area contributed by atoms with E-state index >= 15 is 0 Å². The molecule has 25 heavy (non-hydrogen) atoms. The Bertz CT molecular complexity index is 556. The molecule has 3 rings (SSSR count). The van der Waals surface area contributed by atoms with Gasteiger partial charge in [0.1, 0.15) is 0 Å². The van der Waals surface area contributed by atoms with Crippen LogP contribution < -0.4 is 0 Å². The van der Waals surface area contributed by atoms with Gasteiger partial charge < -0.3 is 4.74 Å². The van der Waals surface area contributed by atoms with Gasteiger partial charge in [0.15, 0.2) is 0 Å². The minimum atomic E-state index is -0.0977. The first-order chi connectivity index (χ1) is 12.2. The highest BCUT2D eigenvalue weighted by atomic mass is 16.5. The number of hydrogen-bond donors (Lipinski definition) is 0. The van der Waals surface area contributed by atoms with Crippen LogP contribution >= 0.6 is 0 Å². The Hall–Kier alpha value is -1.32. The van der Waals surface area contributed by atoms with Crippen molar-refractivity contribution in [2.45, 2.75) is 95.9 Å². The number of carbonyl (C=O) groups excluding carboxylic acids is 1. The highest BCUT2D eigenvalue weighted by Gasteiger charge is 2.27. The van der Waals surface area contributed by atoms with Crippen LogP contribution in [0.5, 0.6) is 0 Å². The van der Waals surface area contributed by atoms with Crippen LogP contribution in [-0.4, -0.2) is 22.9 Å². The van der Waals surface area contributed by atoms with E-state index in [9.17, 15) is 4.79 Å². The topological polar surface area (TPSA) is 44.1 Å². The summed E-state index contributed by atoms with van der Waals surface area (Å²) in [6.07, 6.45) is 14.2. The van der Waals surface area contributed by atoms with E-state index in [-0.39, 0.29) is 5.97 Å². The fourth-order valence-corrected chi connectivity index (χ4v) is 4.18. The van der Waals surface area contributed by atoms with Crippen LogP contribution in [-0.2, 0) is 16.0 Å². The Labute approximate surface area is 152 Å². The van der Waals surface area contributed by atoms with Crippen molar-refractivity contribution in [1.82, 2.24) is 9.78 Å². The summed E-state index contributed by atoms with van der Waals surface area (Å²) in [5, 5.41) is 5.07. The Morgan fingerprint density at radius 1 is 1.24 bits per heavy atom. The fraction of sp³-hybridized carbons (Fsp3) is 0.810. The molecule has 1 aromatic rings. The summed E-state index contributed by atoms with van der Waals surface area (Å²) in [6, 6.07) is 2.95. The zero-order chi connectivity index (χ0) is 17.6. The third kappa shape index (κ3) is 5.32. The number of carbonyl (C=O) groups is 1. The van der Waals surface area contributed by atoms with E-state index in [1.165, 1.54) is 69.9 Å². The maximum absolute atomic E-state index is 11.3. The first-order valence-corrected chi connectivity index (χ1v) is 10.3. The second-order valence-electron chi connectivity index (χ2n) is 8.16. The van der Waals surface area contributed by atoms with Crippen molar-refractivity contribution >= 4 is 5.97 Å². The van der Waals surface area contributed by atoms with E-state index in [0.29, 0.717) is 18.4 Å². The van der Waals surface area contributed by atoms with Gasteiger partial charge in [0, 0.05) is 18.0 Å². The third-order valence-electron chi connectivity index (χ3n) is 5.93. The minimum absolute atomic E-state index is 0.0977. The van der Waals surface area contributed by atoms with Gasteiger partial charge in [0.05, 0.1) is 18.8 Å². The van der Waals surface area contributed by atoms with Gasteiger partial charge in [-0.2, -0.15) is 5.10 Å². The molecule has 4 nitrogen and oxygen atoms in total. The molecule has 0 radical (unpaired) electrons. The normalized spacial score (nSPS) is 19.8. The summed E-state index contributed by atoms with van der Waals surface area (Å²) in [6.45, 7) is 2.34. The van der Waals surface area contributed by atoms with Crippen molar-refractivity contribution in [2.75, 3.05) is 7.11 Å². The fourth-order valence-electron chi connectivity index (χ4n) is 4.18. The van der Waals surface area contributed by atoms with Crippen molar-refractivity contribution < 1.29 is 9.53 Å². The maximum atomic E-state index is 11.3. The van der Waals surface area contributed by atoms with Crippen LogP contribution in [0.3, 0.4) is 0 Å². The average molecular weight is 347 g/mol. The predicted molar refractivity (Wildman–Crippen MR) is 99.7 cm³/mol. The second-order valence-corrected chi connectivity index (χ2v) is 8.16. The van der Waals surface area contributed by atoms with Crippen molar-refractivity contribution in [2.24, 2.45) is 5.92 Å². The lowest BCUT2D eigenvalue weighted by Gasteiger charge is -2.24. The number of rotatable bonds is 9. The number of aromatic nitrogens is 2. The number of esters is 1. The largest absolute Gasteiger partial charge is 0.469 e. The van der Waals surface area contributed by atoms with Gasteiger partial charge in [-0.1, -0.05) is 39.0 Å². The number of nitrogens with zero attached hydrogens (tertiary/aromatic N) is 2. The number of ether oxygens (including phenoxy) is 1. The van der Waals surface area contributed by atoms with Crippen LogP contribution in [0.25, 0.3) is 0 Å². The molecule has 2 aliphatic rings. The van der Waals surface area contributed by atoms with Gasteiger partial charge in [-0.25, -0.2) is 0 Å². The van der Waals surface area contributed by atoms with Gasteiger partial charge in [0.25, 0.3) is 0 Å². The molecule has 2 fully saturated rings. The number of hydrogen-bond acceptors (Lipinski definition) is 3. The zero-order valence-corrected chi connectivity index (χ0v) is 16.0. The molecule has 0 spiro atoms. The summed E-state index contributed by atoms with van der Waals surface area (Å²) < 4.78 is 7.10. The van der Waals surface area contributed by atoms with Gasteiger partial charge in [-0.05, 0) is 50.5 Å². The van der Waals surface area contributed by atoms with Gasteiger partial charge in [0.2, 0.25) is 0 Å². The molecule has 0 aliphatic heterocycles. The lowest BCUT2D eigenvalue weighted by atomic mass is 9.95. The molecule has 1 aromatic heterocycles. The summed E-state index contributed by atoms with van der Waals surface area (Å²) in [4.78, 5) is 11.3. The van der Waals surface area contributed by atoms with Crippen LogP contribution in [0, 0.1) is 5.92 Å². The monoisotopic (exact) mass is 346 g/mol. The molecule has 2 aliphatic carbocycles. The van der Waals surface area contributed by atoms with Crippen LogP contribution in [0.4, 0.5) is 0 Å². The van der Waals surface area contributed by atoms with Crippen LogP contribution in [0.1, 0.15) is 101 Å². The van der Waals surface area contributed by atoms with Crippen molar-refractivity contribution in [1.29, 1.82) is 0 Å². The van der Waals surface area contributed by atoms with E-state index in [4.69, 9.17) is 9.84 Å². The third-order valence-corrected chi connectivity index (χ3v) is 5.93. The summed E-state index contributed by atoms with van der Waals surface area (Å²) in [7, 11) is 1.47. The van der Waals surface area contributed by atoms with Gasteiger partial charge in [-0.15, -0.1) is 0 Å². The molecular formula is C21H34N2O2. The molecule has 0 bridgehead atoms. The SMILES string of the molecule is COC(=O)CCCCc1cc([C@H](C)CC2CC2)nn1C1CCCCC1. The summed E-state index contributed by atoms with van der Waals surface area (Å²) in [5.41, 5.74) is 2.68. The molecule has 0 saturated heterocycles.